The van der Waals surface area contributed by atoms with Crippen LogP contribution in [0.1, 0.15) is 43.4 Å². The quantitative estimate of drug-likeness (QED) is 0.239. The van der Waals surface area contributed by atoms with Gasteiger partial charge in [0.05, 0.1) is 30.7 Å². The van der Waals surface area contributed by atoms with Crippen LogP contribution in [0.25, 0.3) is 5.69 Å². The van der Waals surface area contributed by atoms with E-state index >= 15 is 0 Å². The summed E-state index contributed by atoms with van der Waals surface area (Å²) in [6, 6.07) is 4.01. The van der Waals surface area contributed by atoms with Gasteiger partial charge in [0, 0.05) is 19.9 Å². The molecule has 0 saturated heterocycles. The molecule has 0 saturated carbocycles. The molecule has 13 nitrogen and oxygen atoms in total. The number of benzene rings is 1. The number of nitrogens with one attached hydrogen (secondary N) is 1. The van der Waals surface area contributed by atoms with Crippen LogP contribution in [0.4, 0.5) is 4.39 Å². The highest BCUT2D eigenvalue weighted by atomic mass is 19.1. The Morgan fingerprint density at radius 1 is 1.03 bits per heavy atom. The molecular weight excluding hydrogens is 505 g/mol. The van der Waals surface area contributed by atoms with Crippen molar-refractivity contribution in [2.75, 3.05) is 13.7 Å². The molecule has 2 atom stereocenters. The minimum atomic E-state index is -1.53. The fourth-order valence-corrected chi connectivity index (χ4v) is 3.64. The summed E-state index contributed by atoms with van der Waals surface area (Å²) in [5, 5.41) is 37.7. The fraction of sp³-hybridized carbons (Fsp3) is 0.458. The molecule has 0 spiro atoms. The van der Waals surface area contributed by atoms with Gasteiger partial charge in [-0.3, -0.25) is 23.6 Å². The summed E-state index contributed by atoms with van der Waals surface area (Å²) >= 11 is 0. The summed E-state index contributed by atoms with van der Waals surface area (Å²) in [6.45, 7) is -0.438. The maximum absolute atomic E-state index is 12.8. The fourth-order valence-electron chi connectivity index (χ4n) is 3.64. The maximum atomic E-state index is 12.8. The number of aryl methyl sites for hydroxylation is 2. The summed E-state index contributed by atoms with van der Waals surface area (Å²) in [4.78, 5) is 59.7. The van der Waals surface area contributed by atoms with Crippen LogP contribution in [0.5, 0.6) is 0 Å². The zero-order valence-corrected chi connectivity index (χ0v) is 20.7. The van der Waals surface area contributed by atoms with Crippen molar-refractivity contribution >= 4 is 29.7 Å². The van der Waals surface area contributed by atoms with Gasteiger partial charge in [0.25, 0.3) is 0 Å². The van der Waals surface area contributed by atoms with E-state index in [0.29, 0.717) is 24.2 Å². The second-order valence-electron chi connectivity index (χ2n) is 8.57. The summed E-state index contributed by atoms with van der Waals surface area (Å²) in [7, 11) is 1.12. The topological polar surface area (TPSA) is 192 Å². The zero-order chi connectivity index (χ0) is 28.2. The third-order valence-corrected chi connectivity index (χ3v) is 5.69. The second kappa shape index (κ2) is 14.4. The molecule has 0 aliphatic rings. The highest BCUT2D eigenvalue weighted by Gasteiger charge is 2.33. The van der Waals surface area contributed by atoms with Gasteiger partial charge in [0.15, 0.2) is 0 Å². The maximum Gasteiger partial charge on any atom is 0.326 e. The number of carbonyl (C=O) groups excluding carboxylic acids is 2. The Morgan fingerprint density at radius 3 is 2.29 bits per heavy atom. The smallest absolute Gasteiger partial charge is 0.326 e. The van der Waals surface area contributed by atoms with Crippen molar-refractivity contribution in [2.45, 2.75) is 57.0 Å². The van der Waals surface area contributed by atoms with Crippen molar-refractivity contribution in [3.8, 4) is 5.69 Å². The highest BCUT2D eigenvalue weighted by molar-refractivity contribution is 5.92. The van der Waals surface area contributed by atoms with E-state index in [0.717, 1.165) is 17.5 Å². The van der Waals surface area contributed by atoms with Crippen LogP contribution in [0, 0.1) is 0 Å². The van der Waals surface area contributed by atoms with E-state index in [1.54, 1.807) is 35.1 Å². The first-order valence-corrected chi connectivity index (χ1v) is 11.8. The molecule has 4 N–H and O–H groups in total. The lowest BCUT2D eigenvalue weighted by molar-refractivity contribution is -0.152. The number of aliphatic carboxylic acids is 3. The van der Waals surface area contributed by atoms with Gasteiger partial charge < -0.3 is 25.5 Å². The number of halogens is 1. The molecule has 14 heteroatoms. The molecule has 0 unspecified atom stereocenters. The first kappa shape index (κ1) is 29.9. The van der Waals surface area contributed by atoms with Crippen molar-refractivity contribution in [1.29, 1.82) is 0 Å². The predicted octanol–water partition coefficient (Wildman–Crippen LogP) is 0.838. The van der Waals surface area contributed by atoms with Crippen LogP contribution in [0.3, 0.4) is 0 Å². The molecule has 2 rings (SSSR count). The molecular formula is C24H30FN5O8. The molecule has 2 aromatic rings. The van der Waals surface area contributed by atoms with Crippen molar-refractivity contribution in [3.05, 3.63) is 41.7 Å². The number of carboxylic acid groups (broad SMARTS) is 3. The van der Waals surface area contributed by atoms with Crippen LogP contribution < -0.4 is 5.32 Å². The summed E-state index contributed by atoms with van der Waals surface area (Å²) in [5.41, 5.74) is 2.15. The highest BCUT2D eigenvalue weighted by Crippen LogP contribution is 2.13. The molecule has 0 bridgehead atoms. The first-order chi connectivity index (χ1) is 18.0. The van der Waals surface area contributed by atoms with E-state index in [1.165, 1.54) is 0 Å². The number of amides is 2. The van der Waals surface area contributed by atoms with Crippen LogP contribution in [-0.2, 0) is 36.8 Å². The summed E-state index contributed by atoms with van der Waals surface area (Å²) < 4.78 is 13.9. The molecule has 0 aliphatic carbocycles. The minimum Gasteiger partial charge on any atom is -0.481 e. The van der Waals surface area contributed by atoms with Gasteiger partial charge in [-0.05, 0) is 43.4 Å². The van der Waals surface area contributed by atoms with Crippen molar-refractivity contribution in [1.82, 2.24) is 25.2 Å². The Labute approximate surface area is 217 Å². The number of alkyl halides is 1. The van der Waals surface area contributed by atoms with Crippen LogP contribution in [-0.4, -0.2) is 90.7 Å². The Hall–Kier alpha value is -4.36. The number of carbonyl (C=O) groups is 5. The molecule has 1 aromatic heterocycles. The number of likely N-dealkylation sites (N-methyl/N-ethyl adjacent to an activating group) is 1. The lowest BCUT2D eigenvalue weighted by atomic mass is 10.1. The molecule has 2 amide bonds. The van der Waals surface area contributed by atoms with Crippen LogP contribution in [0.2, 0.25) is 0 Å². The average molecular weight is 536 g/mol. The van der Waals surface area contributed by atoms with Crippen LogP contribution in [0.15, 0.2) is 30.5 Å². The first-order valence-electron chi connectivity index (χ1n) is 11.8. The average Bonchev–Trinajstić information content (AvgIpc) is 3.34. The monoisotopic (exact) mass is 535 g/mol. The van der Waals surface area contributed by atoms with E-state index in [2.05, 4.69) is 15.6 Å². The van der Waals surface area contributed by atoms with Gasteiger partial charge in [0.1, 0.15) is 12.1 Å². The zero-order valence-electron chi connectivity index (χ0n) is 20.7. The number of nitrogens with zero attached hydrogens (tertiary/aromatic N) is 4. The lowest BCUT2D eigenvalue weighted by Gasteiger charge is -2.28. The number of aromatic nitrogens is 3. The molecule has 206 valence electrons. The number of rotatable bonds is 16. The number of hydrogen-bond acceptors (Lipinski definition) is 7. The molecule has 38 heavy (non-hydrogen) atoms. The summed E-state index contributed by atoms with van der Waals surface area (Å²) in [6.07, 6.45) is 1.05. The SMILES string of the molecule is CN(C(=O)[C@H](CC(=O)O)NC(=O)CCc1ccc(-n2cc(CCCF)nn2)cc1)[C@@H](CCC(=O)O)C(=O)O. The number of hydrogen-bond donors (Lipinski definition) is 4. The van der Waals surface area contributed by atoms with Crippen molar-refractivity contribution < 1.29 is 43.7 Å². The Kier molecular flexibility index (Phi) is 11.3. The largest absolute Gasteiger partial charge is 0.481 e. The van der Waals surface area contributed by atoms with Gasteiger partial charge in [-0.2, -0.15) is 0 Å². The standard InChI is InChI=1S/C24H30FN5O8/c1-29(19(24(37)38)9-11-21(32)33)23(36)18(13-22(34)35)26-20(31)10-6-15-4-7-17(8-5-15)30-14-16(27-28-30)3-2-12-25/h4-5,7-8,14,18-19H,2-3,6,9-13H2,1H3,(H,26,31)(H,32,33)(H,34,35)(H,37,38)/t18-,19-/m0/s1. The van der Waals surface area contributed by atoms with E-state index in [1.807, 2.05) is 0 Å². The van der Waals surface area contributed by atoms with Gasteiger partial charge in [-0.25, -0.2) is 9.48 Å². The van der Waals surface area contributed by atoms with Crippen molar-refractivity contribution in [2.24, 2.45) is 0 Å². The van der Waals surface area contributed by atoms with E-state index in [-0.39, 0.29) is 19.3 Å². The third-order valence-electron chi connectivity index (χ3n) is 5.69. The molecule has 1 aromatic carbocycles. The van der Waals surface area contributed by atoms with Gasteiger partial charge in [-0.15, -0.1) is 5.10 Å². The van der Waals surface area contributed by atoms with E-state index in [9.17, 15) is 38.6 Å². The molecule has 0 aliphatic heterocycles. The van der Waals surface area contributed by atoms with E-state index in [4.69, 9.17) is 5.11 Å². The Balaban J connectivity index is 1.99. The van der Waals surface area contributed by atoms with Crippen LogP contribution >= 0.6 is 0 Å². The summed E-state index contributed by atoms with van der Waals surface area (Å²) in [5.74, 6) is -5.66. The Morgan fingerprint density at radius 2 is 1.71 bits per heavy atom. The predicted molar refractivity (Wildman–Crippen MR) is 129 cm³/mol. The van der Waals surface area contributed by atoms with Gasteiger partial charge >= 0.3 is 17.9 Å². The second-order valence-corrected chi connectivity index (χ2v) is 8.57. The normalized spacial score (nSPS) is 12.4. The van der Waals surface area contributed by atoms with E-state index < -0.39 is 61.3 Å². The van der Waals surface area contributed by atoms with Gasteiger partial charge in [-0.1, -0.05) is 17.3 Å². The molecule has 0 radical (unpaired) electrons. The molecule has 1 heterocycles. The third kappa shape index (κ3) is 9.26. The van der Waals surface area contributed by atoms with Crippen molar-refractivity contribution in [3.63, 3.8) is 0 Å². The van der Waals surface area contributed by atoms with Gasteiger partial charge in [0.2, 0.25) is 11.8 Å². The Bertz CT molecular complexity index is 1140. The lowest BCUT2D eigenvalue weighted by Crippen LogP contribution is -2.53. The minimum absolute atomic E-state index is 0.0788. The molecule has 0 fully saturated rings. The number of carboxylic acids is 3.